The number of H-pyrrole nitrogens is 1. The zero-order valence-electron chi connectivity index (χ0n) is 18.4. The summed E-state index contributed by atoms with van der Waals surface area (Å²) in [7, 11) is 1.48. The number of aromatic amines is 1. The van der Waals surface area contributed by atoms with Gasteiger partial charge in [-0.3, -0.25) is 4.79 Å². The minimum atomic E-state index is -0.669. The number of hydrogen-bond donors (Lipinski definition) is 2. The van der Waals surface area contributed by atoms with E-state index in [-0.39, 0.29) is 17.5 Å². The number of nitrogens with one attached hydrogen (secondary N) is 1. The fourth-order valence-electron chi connectivity index (χ4n) is 4.04. The molecule has 2 atom stereocenters. The van der Waals surface area contributed by atoms with E-state index in [0.717, 1.165) is 18.4 Å². The average molecular weight is 433 g/mol. The molecule has 0 radical (unpaired) electrons. The highest BCUT2D eigenvalue weighted by molar-refractivity contribution is 5.80. The van der Waals surface area contributed by atoms with Crippen molar-refractivity contribution < 1.29 is 9.84 Å². The highest BCUT2D eigenvalue weighted by atomic mass is 16.5. The zero-order chi connectivity index (χ0) is 22.5. The van der Waals surface area contributed by atoms with Gasteiger partial charge >= 0.3 is 0 Å². The Labute approximate surface area is 186 Å². The van der Waals surface area contributed by atoms with Gasteiger partial charge in [-0.25, -0.2) is 9.67 Å². The second-order valence-electron chi connectivity index (χ2n) is 8.01. The van der Waals surface area contributed by atoms with E-state index in [1.54, 1.807) is 11.6 Å². The number of benzene rings is 2. The van der Waals surface area contributed by atoms with E-state index in [1.165, 1.54) is 12.7 Å². The molecule has 2 aromatic heterocycles. The van der Waals surface area contributed by atoms with Crippen LogP contribution >= 0.6 is 0 Å². The molecule has 2 unspecified atom stereocenters. The summed E-state index contributed by atoms with van der Waals surface area (Å²) in [5, 5.41) is 15.4. The van der Waals surface area contributed by atoms with E-state index in [0.29, 0.717) is 29.7 Å². The fourth-order valence-corrected chi connectivity index (χ4v) is 4.04. The highest BCUT2D eigenvalue weighted by Gasteiger charge is 2.25. The van der Waals surface area contributed by atoms with Crippen LogP contribution in [-0.4, -0.2) is 38.1 Å². The van der Waals surface area contributed by atoms with Crippen molar-refractivity contribution in [2.75, 3.05) is 7.11 Å². The van der Waals surface area contributed by atoms with Crippen LogP contribution < -0.4 is 10.3 Å². The quantitative estimate of drug-likeness (QED) is 0.421. The number of nitrogens with zero attached hydrogens (tertiary/aromatic N) is 3. The standard InChI is InChI=1S/C25H28N4O3/c1-17(30)20(15-9-14-18-10-5-3-6-11-18)29-23-22(25(28-29)32-2)24(31)27-21(26-23)16-19-12-7-4-8-13-19/h3-8,10-13,17,20,30H,9,14-16H2,1-2H3,(H,26,27,31). The number of aryl methyl sites for hydroxylation is 1. The van der Waals surface area contributed by atoms with E-state index < -0.39 is 6.10 Å². The summed E-state index contributed by atoms with van der Waals surface area (Å²) < 4.78 is 7.04. The van der Waals surface area contributed by atoms with E-state index in [4.69, 9.17) is 9.72 Å². The van der Waals surface area contributed by atoms with Crippen LogP contribution in [0.15, 0.2) is 65.5 Å². The molecule has 166 valence electrons. The van der Waals surface area contributed by atoms with Gasteiger partial charge in [-0.2, -0.15) is 0 Å². The minimum Gasteiger partial charge on any atom is -0.479 e. The van der Waals surface area contributed by atoms with Gasteiger partial charge in [0.05, 0.1) is 19.3 Å². The molecule has 4 aromatic rings. The monoisotopic (exact) mass is 432 g/mol. The summed E-state index contributed by atoms with van der Waals surface area (Å²) in [5.41, 5.74) is 2.43. The first-order valence-electron chi connectivity index (χ1n) is 10.9. The molecular weight excluding hydrogens is 404 g/mol. The summed E-state index contributed by atoms with van der Waals surface area (Å²) in [4.78, 5) is 20.5. The maximum absolute atomic E-state index is 12.9. The number of aliphatic hydroxyl groups is 1. The average Bonchev–Trinajstić information content (AvgIpc) is 3.16. The number of methoxy groups -OCH3 is 1. The number of rotatable bonds is 9. The van der Waals surface area contributed by atoms with Gasteiger partial charge < -0.3 is 14.8 Å². The summed E-state index contributed by atoms with van der Waals surface area (Å²) >= 11 is 0. The van der Waals surface area contributed by atoms with Crippen LogP contribution in [0.1, 0.15) is 42.8 Å². The third-order valence-corrected chi connectivity index (χ3v) is 5.67. The van der Waals surface area contributed by atoms with Crippen LogP contribution in [0.5, 0.6) is 5.88 Å². The molecule has 0 bridgehead atoms. The van der Waals surface area contributed by atoms with Crippen molar-refractivity contribution >= 4 is 11.0 Å². The first-order valence-corrected chi connectivity index (χ1v) is 10.9. The third kappa shape index (κ3) is 4.73. The molecule has 32 heavy (non-hydrogen) atoms. The zero-order valence-corrected chi connectivity index (χ0v) is 18.4. The van der Waals surface area contributed by atoms with E-state index in [1.807, 2.05) is 48.5 Å². The van der Waals surface area contributed by atoms with Crippen LogP contribution in [0.2, 0.25) is 0 Å². The Morgan fingerprint density at radius 1 is 1.06 bits per heavy atom. The van der Waals surface area contributed by atoms with E-state index in [9.17, 15) is 9.90 Å². The Morgan fingerprint density at radius 2 is 1.72 bits per heavy atom. The van der Waals surface area contributed by atoms with Gasteiger partial charge in [0.25, 0.3) is 5.56 Å². The van der Waals surface area contributed by atoms with E-state index in [2.05, 4.69) is 22.2 Å². The third-order valence-electron chi connectivity index (χ3n) is 5.67. The predicted molar refractivity (Wildman–Crippen MR) is 124 cm³/mol. The van der Waals surface area contributed by atoms with Crippen molar-refractivity contribution in [3.63, 3.8) is 0 Å². The Bertz CT molecular complexity index is 1220. The van der Waals surface area contributed by atoms with Gasteiger partial charge in [0, 0.05) is 6.42 Å². The Kier molecular flexibility index (Phi) is 6.66. The fraction of sp³-hybridized carbons (Fsp3) is 0.320. The van der Waals surface area contributed by atoms with Crippen molar-refractivity contribution in [3.8, 4) is 5.88 Å². The molecule has 0 saturated heterocycles. The molecule has 0 aliphatic carbocycles. The second kappa shape index (κ2) is 9.78. The number of fused-ring (bicyclic) bond motifs is 1. The van der Waals surface area contributed by atoms with Crippen molar-refractivity contribution in [2.45, 2.75) is 44.8 Å². The summed E-state index contributed by atoms with van der Waals surface area (Å²) in [6.07, 6.45) is 2.27. The number of hydrogen-bond acceptors (Lipinski definition) is 5. The topological polar surface area (TPSA) is 93.0 Å². The lowest BCUT2D eigenvalue weighted by Crippen LogP contribution is -2.24. The molecular formula is C25H28N4O3. The van der Waals surface area contributed by atoms with Crippen LogP contribution in [0, 0.1) is 0 Å². The molecule has 0 aliphatic heterocycles. The highest BCUT2D eigenvalue weighted by Crippen LogP contribution is 2.28. The number of aromatic nitrogens is 4. The summed E-state index contributed by atoms with van der Waals surface area (Å²) in [6.45, 7) is 1.74. The first-order chi connectivity index (χ1) is 15.6. The second-order valence-corrected chi connectivity index (χ2v) is 8.01. The van der Waals surface area contributed by atoms with Crippen molar-refractivity contribution in [3.05, 3.63) is 88.0 Å². The smallest absolute Gasteiger partial charge is 0.266 e. The van der Waals surface area contributed by atoms with Crippen LogP contribution in [0.4, 0.5) is 0 Å². The molecule has 0 fully saturated rings. The maximum atomic E-state index is 12.9. The van der Waals surface area contributed by atoms with E-state index >= 15 is 0 Å². The Balaban J connectivity index is 1.67. The maximum Gasteiger partial charge on any atom is 0.266 e. The van der Waals surface area contributed by atoms with Crippen LogP contribution in [0.25, 0.3) is 11.0 Å². The first kappa shape index (κ1) is 21.8. The normalized spacial score (nSPS) is 13.2. The predicted octanol–water partition coefficient (Wildman–Crippen LogP) is 3.66. The van der Waals surface area contributed by atoms with Crippen molar-refractivity contribution in [1.82, 2.24) is 19.7 Å². The van der Waals surface area contributed by atoms with Crippen LogP contribution in [-0.2, 0) is 12.8 Å². The van der Waals surface area contributed by atoms with Gasteiger partial charge in [0.15, 0.2) is 5.65 Å². The molecule has 2 heterocycles. The van der Waals surface area contributed by atoms with Gasteiger partial charge in [-0.15, -0.1) is 5.10 Å². The number of ether oxygens (including phenoxy) is 1. The van der Waals surface area contributed by atoms with Crippen molar-refractivity contribution in [1.29, 1.82) is 0 Å². The summed E-state index contributed by atoms with van der Waals surface area (Å²) in [5.74, 6) is 0.764. The molecule has 0 saturated carbocycles. The molecule has 7 heteroatoms. The molecule has 7 nitrogen and oxygen atoms in total. The van der Waals surface area contributed by atoms with Gasteiger partial charge in [-0.1, -0.05) is 60.7 Å². The van der Waals surface area contributed by atoms with Gasteiger partial charge in [-0.05, 0) is 37.3 Å². The molecule has 2 N–H and O–H groups in total. The largest absolute Gasteiger partial charge is 0.479 e. The lowest BCUT2D eigenvalue weighted by Gasteiger charge is -2.21. The lowest BCUT2D eigenvalue weighted by atomic mass is 10.0. The summed E-state index contributed by atoms with van der Waals surface area (Å²) in [6, 6.07) is 19.8. The van der Waals surface area contributed by atoms with Gasteiger partial charge in [0.1, 0.15) is 11.2 Å². The van der Waals surface area contributed by atoms with Gasteiger partial charge in [0.2, 0.25) is 5.88 Å². The lowest BCUT2D eigenvalue weighted by molar-refractivity contribution is 0.117. The molecule has 4 rings (SSSR count). The molecule has 0 amide bonds. The Morgan fingerprint density at radius 3 is 2.34 bits per heavy atom. The SMILES string of the molecule is COc1nn(C(CCCc2ccccc2)C(C)O)c2nc(Cc3ccccc3)[nH]c(=O)c12. The molecule has 0 spiro atoms. The van der Waals surface area contributed by atoms with Crippen LogP contribution in [0.3, 0.4) is 0 Å². The van der Waals surface area contributed by atoms with Crippen molar-refractivity contribution in [2.24, 2.45) is 0 Å². The number of aliphatic hydroxyl groups excluding tert-OH is 1. The molecule has 0 aliphatic rings. The Hall–Kier alpha value is -3.45. The minimum absolute atomic E-state index is 0.216. The molecule has 2 aromatic carbocycles.